The minimum Gasteiger partial charge on any atom is -0.337 e. The van der Waals surface area contributed by atoms with Crippen molar-refractivity contribution >= 4 is 15.9 Å². The van der Waals surface area contributed by atoms with Crippen molar-refractivity contribution in [2.24, 2.45) is 7.05 Å². The molecule has 128 valence electrons. The number of rotatable bonds is 3. The quantitative estimate of drug-likeness (QED) is 0.828. The predicted octanol–water partition coefficient (Wildman–Crippen LogP) is 0.957. The van der Waals surface area contributed by atoms with Gasteiger partial charge < -0.3 is 4.90 Å². The highest BCUT2D eigenvalue weighted by molar-refractivity contribution is 7.89. The fraction of sp³-hybridized carbons (Fsp3) is 0.375. The van der Waals surface area contributed by atoms with Gasteiger partial charge in [-0.3, -0.25) is 9.48 Å². The third-order valence-electron chi connectivity index (χ3n) is 4.08. The van der Waals surface area contributed by atoms with Crippen molar-refractivity contribution in [1.82, 2.24) is 19.0 Å². The third kappa shape index (κ3) is 3.34. The van der Waals surface area contributed by atoms with Crippen molar-refractivity contribution < 1.29 is 13.2 Å². The Morgan fingerprint density at radius 2 is 1.83 bits per heavy atom. The molecule has 1 aliphatic heterocycles. The molecule has 1 aromatic heterocycles. The molecule has 2 heterocycles. The molecule has 8 heteroatoms. The van der Waals surface area contributed by atoms with Crippen molar-refractivity contribution in [2.75, 3.05) is 26.2 Å². The lowest BCUT2D eigenvalue weighted by Crippen LogP contribution is -2.37. The van der Waals surface area contributed by atoms with E-state index in [0.717, 1.165) is 0 Å². The van der Waals surface area contributed by atoms with Gasteiger partial charge in [-0.25, -0.2) is 8.42 Å². The van der Waals surface area contributed by atoms with Gasteiger partial charge in [-0.1, -0.05) is 18.2 Å². The summed E-state index contributed by atoms with van der Waals surface area (Å²) in [6.07, 6.45) is 3.46. The van der Waals surface area contributed by atoms with Crippen molar-refractivity contribution in [3.05, 3.63) is 48.3 Å². The average Bonchev–Trinajstić information content (AvgIpc) is 2.88. The summed E-state index contributed by atoms with van der Waals surface area (Å²) < 4.78 is 28.2. The van der Waals surface area contributed by atoms with Gasteiger partial charge >= 0.3 is 0 Å². The summed E-state index contributed by atoms with van der Waals surface area (Å²) in [4.78, 5) is 14.4. The maximum atomic E-state index is 12.7. The van der Waals surface area contributed by atoms with Gasteiger partial charge in [0.15, 0.2) is 0 Å². The first-order valence-electron chi connectivity index (χ1n) is 7.81. The number of carbonyl (C=O) groups is 1. The van der Waals surface area contributed by atoms with Crippen LogP contribution in [0.1, 0.15) is 16.8 Å². The average molecular weight is 348 g/mol. The van der Waals surface area contributed by atoms with Crippen molar-refractivity contribution in [1.29, 1.82) is 0 Å². The van der Waals surface area contributed by atoms with Gasteiger partial charge in [-0.05, 0) is 18.6 Å². The lowest BCUT2D eigenvalue weighted by molar-refractivity contribution is 0.0764. The van der Waals surface area contributed by atoms with Crippen LogP contribution in [-0.2, 0) is 17.1 Å². The predicted molar refractivity (Wildman–Crippen MR) is 88.9 cm³/mol. The van der Waals surface area contributed by atoms with Crippen LogP contribution >= 0.6 is 0 Å². The first-order chi connectivity index (χ1) is 11.5. The Hall–Kier alpha value is -2.19. The highest BCUT2D eigenvalue weighted by Gasteiger charge is 2.29. The van der Waals surface area contributed by atoms with E-state index in [1.54, 1.807) is 24.1 Å². The second kappa shape index (κ2) is 6.74. The summed E-state index contributed by atoms with van der Waals surface area (Å²) in [5.41, 5.74) is 0.626. The largest absolute Gasteiger partial charge is 0.337 e. The SMILES string of the molecule is Cn1cc(S(=O)(=O)N2CCCN(C(=O)c3ccccc3)CC2)cn1. The second-order valence-electron chi connectivity index (χ2n) is 5.77. The van der Waals surface area contributed by atoms with Crippen molar-refractivity contribution in [3.8, 4) is 0 Å². The van der Waals surface area contributed by atoms with Crippen molar-refractivity contribution in [2.45, 2.75) is 11.3 Å². The Kier molecular flexibility index (Phi) is 4.68. The van der Waals surface area contributed by atoms with Crippen LogP contribution < -0.4 is 0 Å². The normalized spacial score (nSPS) is 16.8. The first kappa shape index (κ1) is 16.7. The molecule has 1 fully saturated rings. The van der Waals surface area contributed by atoms with Crippen LogP contribution in [0.15, 0.2) is 47.6 Å². The number of aromatic nitrogens is 2. The Morgan fingerprint density at radius 3 is 2.50 bits per heavy atom. The van der Waals surface area contributed by atoms with Crippen LogP contribution in [0.5, 0.6) is 0 Å². The highest BCUT2D eigenvalue weighted by atomic mass is 32.2. The number of sulfonamides is 1. The Bertz CT molecular complexity index is 817. The number of amides is 1. The maximum absolute atomic E-state index is 12.7. The molecule has 0 saturated carbocycles. The Morgan fingerprint density at radius 1 is 1.08 bits per heavy atom. The van der Waals surface area contributed by atoms with E-state index in [-0.39, 0.29) is 17.3 Å². The summed E-state index contributed by atoms with van der Waals surface area (Å²) >= 11 is 0. The van der Waals surface area contributed by atoms with E-state index in [2.05, 4.69) is 5.10 Å². The molecule has 1 aromatic carbocycles. The van der Waals surface area contributed by atoms with E-state index in [4.69, 9.17) is 0 Å². The molecule has 24 heavy (non-hydrogen) atoms. The van der Waals surface area contributed by atoms with Crippen LogP contribution in [-0.4, -0.2) is 59.5 Å². The van der Waals surface area contributed by atoms with E-state index in [1.165, 1.54) is 21.4 Å². The van der Waals surface area contributed by atoms with Gasteiger partial charge in [-0.2, -0.15) is 9.40 Å². The van der Waals surface area contributed by atoms with Crippen molar-refractivity contribution in [3.63, 3.8) is 0 Å². The van der Waals surface area contributed by atoms with Gasteiger partial charge in [0.25, 0.3) is 5.91 Å². The molecule has 2 aromatic rings. The molecule has 1 amide bonds. The molecule has 3 rings (SSSR count). The number of carbonyl (C=O) groups excluding carboxylic acids is 1. The maximum Gasteiger partial charge on any atom is 0.253 e. The monoisotopic (exact) mass is 348 g/mol. The highest BCUT2D eigenvalue weighted by Crippen LogP contribution is 2.17. The van der Waals surface area contributed by atoms with E-state index in [1.807, 2.05) is 18.2 Å². The zero-order valence-corrected chi connectivity index (χ0v) is 14.3. The molecule has 0 aliphatic carbocycles. The van der Waals surface area contributed by atoms with Gasteiger partial charge in [0, 0.05) is 45.0 Å². The summed E-state index contributed by atoms with van der Waals surface area (Å²) in [6.45, 7) is 1.62. The van der Waals surface area contributed by atoms with Crippen LogP contribution in [0.25, 0.3) is 0 Å². The molecule has 1 saturated heterocycles. The Labute approximate surface area is 141 Å². The molecule has 7 nitrogen and oxygen atoms in total. The van der Waals surface area contributed by atoms with Gasteiger partial charge in [0.1, 0.15) is 4.90 Å². The standard InChI is InChI=1S/C16H20N4O3S/c1-18-13-15(12-17-18)24(22,23)20-9-5-8-19(10-11-20)16(21)14-6-3-2-4-7-14/h2-4,6-7,12-13H,5,8-11H2,1H3. The number of aryl methyl sites for hydroxylation is 1. The molecular formula is C16H20N4O3S. The van der Waals surface area contributed by atoms with Gasteiger partial charge in [0.2, 0.25) is 10.0 Å². The molecular weight excluding hydrogens is 328 g/mol. The van der Waals surface area contributed by atoms with Crippen LogP contribution in [0, 0.1) is 0 Å². The number of hydrogen-bond donors (Lipinski definition) is 0. The molecule has 0 unspecified atom stereocenters. The van der Waals surface area contributed by atoms with E-state index in [9.17, 15) is 13.2 Å². The summed E-state index contributed by atoms with van der Waals surface area (Å²) in [5.74, 6) is -0.0591. The fourth-order valence-electron chi connectivity index (χ4n) is 2.78. The van der Waals surface area contributed by atoms with Gasteiger partial charge in [0.05, 0.1) is 6.20 Å². The topological polar surface area (TPSA) is 75.5 Å². The molecule has 1 aliphatic rings. The van der Waals surface area contributed by atoms with E-state index >= 15 is 0 Å². The molecule has 0 atom stereocenters. The molecule has 0 bridgehead atoms. The van der Waals surface area contributed by atoms with Crippen LogP contribution in [0.4, 0.5) is 0 Å². The zero-order chi connectivity index (χ0) is 17.2. The number of hydrogen-bond acceptors (Lipinski definition) is 4. The van der Waals surface area contributed by atoms with E-state index < -0.39 is 10.0 Å². The van der Waals surface area contributed by atoms with Crippen LogP contribution in [0.3, 0.4) is 0 Å². The Balaban J connectivity index is 1.72. The summed E-state index contributed by atoms with van der Waals surface area (Å²) in [6, 6.07) is 9.06. The fourth-order valence-corrected chi connectivity index (χ4v) is 4.24. The second-order valence-corrected chi connectivity index (χ2v) is 7.70. The summed E-state index contributed by atoms with van der Waals surface area (Å²) in [7, 11) is -1.88. The summed E-state index contributed by atoms with van der Waals surface area (Å²) in [5, 5.41) is 3.93. The smallest absolute Gasteiger partial charge is 0.253 e. The lowest BCUT2D eigenvalue weighted by Gasteiger charge is -2.21. The number of nitrogens with zero attached hydrogens (tertiary/aromatic N) is 4. The van der Waals surface area contributed by atoms with E-state index in [0.29, 0.717) is 31.6 Å². The minimum atomic E-state index is -3.57. The molecule has 0 radical (unpaired) electrons. The van der Waals surface area contributed by atoms with Gasteiger partial charge in [-0.15, -0.1) is 0 Å². The first-order valence-corrected chi connectivity index (χ1v) is 9.25. The third-order valence-corrected chi connectivity index (χ3v) is 5.93. The zero-order valence-electron chi connectivity index (χ0n) is 13.5. The molecule has 0 spiro atoms. The molecule has 0 N–H and O–H groups in total. The number of benzene rings is 1. The lowest BCUT2D eigenvalue weighted by atomic mass is 10.2. The van der Waals surface area contributed by atoms with Crippen LogP contribution in [0.2, 0.25) is 0 Å². The minimum absolute atomic E-state index is 0.0591.